The van der Waals surface area contributed by atoms with Crippen LogP contribution >= 0.6 is 15.9 Å². The molecule has 1 aliphatic heterocycles. The monoisotopic (exact) mass is 409 g/mol. The van der Waals surface area contributed by atoms with E-state index in [0.717, 1.165) is 35.4 Å². The van der Waals surface area contributed by atoms with E-state index in [9.17, 15) is 8.42 Å². The van der Waals surface area contributed by atoms with Crippen LogP contribution < -0.4 is 9.04 Å². The molecule has 1 unspecified atom stereocenters. The number of nitrogens with zero attached hydrogens (tertiary/aromatic N) is 1. The Morgan fingerprint density at radius 2 is 1.92 bits per heavy atom. The Labute approximate surface area is 151 Å². The van der Waals surface area contributed by atoms with Gasteiger partial charge in [-0.25, -0.2) is 8.42 Å². The third-order valence-corrected chi connectivity index (χ3v) is 6.99. The first-order valence-electron chi connectivity index (χ1n) is 7.81. The summed E-state index contributed by atoms with van der Waals surface area (Å²) in [6.45, 7) is 1.94. The van der Waals surface area contributed by atoms with Crippen molar-refractivity contribution in [3.63, 3.8) is 0 Å². The number of rotatable bonds is 4. The van der Waals surface area contributed by atoms with Gasteiger partial charge in [-0.3, -0.25) is 4.31 Å². The van der Waals surface area contributed by atoms with Crippen molar-refractivity contribution in [3.05, 3.63) is 53.6 Å². The van der Waals surface area contributed by atoms with Gasteiger partial charge in [-0.1, -0.05) is 33.6 Å². The summed E-state index contributed by atoms with van der Waals surface area (Å²) in [6.07, 6.45) is 1.61. The summed E-state index contributed by atoms with van der Waals surface area (Å²) in [5.41, 5.74) is 2.78. The van der Waals surface area contributed by atoms with E-state index in [4.69, 9.17) is 4.74 Å². The zero-order valence-corrected chi connectivity index (χ0v) is 16.1. The Morgan fingerprint density at radius 3 is 2.54 bits per heavy atom. The highest BCUT2D eigenvalue weighted by atomic mass is 79.9. The first kappa shape index (κ1) is 17.3. The van der Waals surface area contributed by atoms with Gasteiger partial charge in [-0.15, -0.1) is 0 Å². The maximum atomic E-state index is 13.3. The number of hydrogen-bond donors (Lipinski definition) is 0. The molecule has 1 atom stereocenters. The molecule has 3 rings (SSSR count). The van der Waals surface area contributed by atoms with Crippen molar-refractivity contribution in [3.8, 4) is 5.75 Å². The van der Waals surface area contributed by atoms with Crippen LogP contribution in [0, 0.1) is 6.92 Å². The summed E-state index contributed by atoms with van der Waals surface area (Å²) < 4.78 is 33.4. The normalized spacial score (nSPS) is 17.5. The van der Waals surface area contributed by atoms with E-state index in [1.54, 1.807) is 23.5 Å². The van der Waals surface area contributed by atoms with Crippen LogP contribution in [0.2, 0.25) is 0 Å². The van der Waals surface area contributed by atoms with Crippen LogP contribution in [0.1, 0.15) is 17.5 Å². The molecule has 2 aromatic carbocycles. The van der Waals surface area contributed by atoms with Crippen LogP contribution in [0.15, 0.2) is 47.4 Å². The van der Waals surface area contributed by atoms with Gasteiger partial charge in [0.25, 0.3) is 10.0 Å². The summed E-state index contributed by atoms with van der Waals surface area (Å²) in [7, 11) is -1.99. The second-order valence-corrected chi connectivity index (χ2v) is 8.42. The fraction of sp³-hybridized carbons (Fsp3) is 0.333. The summed E-state index contributed by atoms with van der Waals surface area (Å²) in [6, 6.07) is 12.5. The standard InChI is InChI=1S/C18H20BrNO3S/c1-13-3-8-17(9-4-13)24(21,22)20-15(12-19)6-5-14-11-16(23-2)7-10-18(14)20/h3-4,7-11,15H,5-6,12H2,1-2H3. The molecule has 0 spiro atoms. The van der Waals surface area contributed by atoms with Gasteiger partial charge < -0.3 is 4.74 Å². The zero-order valence-electron chi connectivity index (χ0n) is 13.7. The van der Waals surface area contributed by atoms with Gasteiger partial charge in [0.2, 0.25) is 0 Å². The van der Waals surface area contributed by atoms with Gasteiger partial charge in [0.05, 0.1) is 23.7 Å². The predicted molar refractivity (Wildman–Crippen MR) is 99.7 cm³/mol. The number of anilines is 1. The Balaban J connectivity index is 2.12. The molecule has 1 heterocycles. The molecular formula is C18H20BrNO3S. The Morgan fingerprint density at radius 1 is 1.21 bits per heavy atom. The van der Waals surface area contributed by atoms with Gasteiger partial charge >= 0.3 is 0 Å². The minimum atomic E-state index is -3.61. The van der Waals surface area contributed by atoms with Crippen molar-refractivity contribution >= 4 is 31.6 Å². The molecule has 0 bridgehead atoms. The van der Waals surface area contributed by atoms with E-state index in [0.29, 0.717) is 10.2 Å². The molecule has 0 saturated heterocycles. The van der Waals surface area contributed by atoms with Gasteiger partial charge in [0.15, 0.2) is 0 Å². The number of methoxy groups -OCH3 is 1. The number of aryl methyl sites for hydroxylation is 2. The highest BCUT2D eigenvalue weighted by molar-refractivity contribution is 9.09. The quantitative estimate of drug-likeness (QED) is 0.719. The average molecular weight is 410 g/mol. The molecule has 0 N–H and O–H groups in total. The minimum Gasteiger partial charge on any atom is -0.497 e. The Kier molecular flexibility index (Phi) is 4.88. The van der Waals surface area contributed by atoms with Crippen LogP contribution in [0.4, 0.5) is 5.69 Å². The predicted octanol–water partition coefficient (Wildman–Crippen LogP) is 3.91. The van der Waals surface area contributed by atoms with Gasteiger partial charge in [-0.2, -0.15) is 0 Å². The molecule has 0 saturated carbocycles. The number of ether oxygens (including phenoxy) is 1. The molecule has 0 aliphatic carbocycles. The van der Waals surface area contributed by atoms with E-state index in [-0.39, 0.29) is 6.04 Å². The lowest BCUT2D eigenvalue weighted by Crippen LogP contribution is -2.44. The molecule has 1 aliphatic rings. The summed E-state index contributed by atoms with van der Waals surface area (Å²) >= 11 is 3.48. The van der Waals surface area contributed by atoms with E-state index in [1.807, 2.05) is 37.3 Å². The smallest absolute Gasteiger partial charge is 0.264 e. The second kappa shape index (κ2) is 6.76. The lowest BCUT2D eigenvalue weighted by molar-refractivity contribution is 0.414. The van der Waals surface area contributed by atoms with Crippen molar-refractivity contribution in [1.82, 2.24) is 0 Å². The zero-order chi connectivity index (χ0) is 17.3. The van der Waals surface area contributed by atoms with Gasteiger partial charge in [0.1, 0.15) is 5.75 Å². The number of alkyl halides is 1. The van der Waals surface area contributed by atoms with Crippen molar-refractivity contribution in [2.24, 2.45) is 0 Å². The van der Waals surface area contributed by atoms with E-state index < -0.39 is 10.0 Å². The molecule has 0 fully saturated rings. The fourth-order valence-electron chi connectivity index (χ4n) is 3.03. The average Bonchev–Trinajstić information content (AvgIpc) is 2.60. The van der Waals surface area contributed by atoms with Crippen molar-refractivity contribution < 1.29 is 13.2 Å². The lowest BCUT2D eigenvalue weighted by atomic mass is 9.99. The topological polar surface area (TPSA) is 46.6 Å². The molecule has 128 valence electrons. The van der Waals surface area contributed by atoms with Crippen LogP contribution in [-0.2, 0) is 16.4 Å². The van der Waals surface area contributed by atoms with E-state index >= 15 is 0 Å². The third kappa shape index (κ3) is 3.05. The molecule has 2 aromatic rings. The van der Waals surface area contributed by atoms with Crippen molar-refractivity contribution in [2.45, 2.75) is 30.7 Å². The number of benzene rings is 2. The molecule has 0 aromatic heterocycles. The highest BCUT2D eigenvalue weighted by Crippen LogP contribution is 2.37. The fourth-order valence-corrected chi connectivity index (χ4v) is 5.55. The molecule has 4 nitrogen and oxygen atoms in total. The number of halogens is 1. The van der Waals surface area contributed by atoms with Gasteiger partial charge in [-0.05, 0) is 55.7 Å². The van der Waals surface area contributed by atoms with E-state index in [2.05, 4.69) is 15.9 Å². The number of fused-ring (bicyclic) bond motifs is 1. The molecule has 6 heteroatoms. The first-order chi connectivity index (χ1) is 11.5. The summed E-state index contributed by atoms with van der Waals surface area (Å²) in [4.78, 5) is 0.322. The summed E-state index contributed by atoms with van der Waals surface area (Å²) in [5, 5.41) is 0.601. The molecular weight excluding hydrogens is 390 g/mol. The number of sulfonamides is 1. The molecule has 0 amide bonds. The maximum absolute atomic E-state index is 13.3. The van der Waals surface area contributed by atoms with Crippen LogP contribution in [0.3, 0.4) is 0 Å². The molecule has 24 heavy (non-hydrogen) atoms. The SMILES string of the molecule is COc1ccc2c(c1)CCC(CBr)N2S(=O)(=O)c1ccc(C)cc1. The summed E-state index contributed by atoms with van der Waals surface area (Å²) in [5.74, 6) is 0.749. The minimum absolute atomic E-state index is 0.0998. The van der Waals surface area contributed by atoms with Crippen molar-refractivity contribution in [2.75, 3.05) is 16.7 Å². The van der Waals surface area contributed by atoms with E-state index in [1.165, 1.54) is 0 Å². The largest absolute Gasteiger partial charge is 0.497 e. The highest BCUT2D eigenvalue weighted by Gasteiger charge is 2.35. The third-order valence-electron chi connectivity index (χ3n) is 4.36. The van der Waals surface area contributed by atoms with Gasteiger partial charge in [0, 0.05) is 5.33 Å². The van der Waals surface area contributed by atoms with Crippen molar-refractivity contribution in [1.29, 1.82) is 0 Å². The first-order valence-corrected chi connectivity index (χ1v) is 10.4. The Hall–Kier alpha value is -1.53. The molecule has 0 radical (unpaired) electrons. The van der Waals surface area contributed by atoms with Crippen LogP contribution in [0.5, 0.6) is 5.75 Å². The lowest BCUT2D eigenvalue weighted by Gasteiger charge is -2.37. The van der Waals surface area contributed by atoms with Crippen LogP contribution in [0.25, 0.3) is 0 Å². The Bertz CT molecular complexity index is 834. The van der Waals surface area contributed by atoms with Crippen LogP contribution in [-0.4, -0.2) is 26.9 Å². The number of hydrogen-bond acceptors (Lipinski definition) is 3. The second-order valence-electron chi connectivity index (χ2n) is 5.96. The maximum Gasteiger partial charge on any atom is 0.264 e.